The first-order chi connectivity index (χ1) is 7.40. The van der Waals surface area contributed by atoms with Crippen LogP contribution in [0.3, 0.4) is 0 Å². The van der Waals surface area contributed by atoms with Crippen LogP contribution in [0.5, 0.6) is 0 Å². The van der Waals surface area contributed by atoms with E-state index in [0.29, 0.717) is 6.04 Å². The number of hydrogen-bond donors (Lipinski definition) is 1. The molecule has 1 aliphatic rings. The summed E-state index contributed by atoms with van der Waals surface area (Å²) in [7, 11) is 0. The lowest BCUT2D eigenvalue weighted by atomic mass is 10.2. The topological polar surface area (TPSA) is 41.0 Å². The van der Waals surface area contributed by atoms with E-state index in [1.807, 2.05) is 12.4 Å². The Balaban J connectivity index is 1.87. The van der Waals surface area contributed by atoms with Crippen LogP contribution in [0.4, 0.5) is 5.69 Å². The Labute approximate surface area is 90.7 Å². The van der Waals surface area contributed by atoms with Crippen LogP contribution >= 0.6 is 0 Å². The highest BCUT2D eigenvalue weighted by atomic mass is 15.2. The van der Waals surface area contributed by atoms with Gasteiger partial charge < -0.3 is 10.2 Å². The van der Waals surface area contributed by atoms with Crippen molar-refractivity contribution in [1.82, 2.24) is 15.3 Å². The Morgan fingerprint density at radius 2 is 2.27 bits per heavy atom. The van der Waals surface area contributed by atoms with Gasteiger partial charge in [0.05, 0.1) is 18.1 Å². The first kappa shape index (κ1) is 10.4. The molecule has 4 nitrogen and oxygen atoms in total. The van der Waals surface area contributed by atoms with Gasteiger partial charge in [-0.15, -0.1) is 0 Å². The summed E-state index contributed by atoms with van der Waals surface area (Å²) in [5.41, 5.74) is 1.14. The van der Waals surface area contributed by atoms with Crippen LogP contribution in [0.25, 0.3) is 0 Å². The van der Waals surface area contributed by atoms with E-state index in [1.165, 1.54) is 12.8 Å². The van der Waals surface area contributed by atoms with Gasteiger partial charge in [0.2, 0.25) is 0 Å². The summed E-state index contributed by atoms with van der Waals surface area (Å²) in [6.07, 6.45) is 7.76. The molecule has 0 spiro atoms. The average molecular weight is 206 g/mol. The molecule has 0 radical (unpaired) electrons. The van der Waals surface area contributed by atoms with Crippen LogP contribution in [0, 0.1) is 0 Å². The molecule has 1 aromatic rings. The second-order valence-electron chi connectivity index (χ2n) is 3.98. The Morgan fingerprint density at radius 3 is 3.00 bits per heavy atom. The van der Waals surface area contributed by atoms with Crippen molar-refractivity contribution in [3.63, 3.8) is 0 Å². The van der Waals surface area contributed by atoms with Gasteiger partial charge in [0.15, 0.2) is 0 Å². The highest BCUT2D eigenvalue weighted by molar-refractivity contribution is 5.42. The van der Waals surface area contributed by atoms with Gasteiger partial charge in [-0.05, 0) is 19.4 Å². The molecule has 15 heavy (non-hydrogen) atoms. The van der Waals surface area contributed by atoms with E-state index in [9.17, 15) is 0 Å². The maximum absolute atomic E-state index is 4.04. The number of hydrogen-bond acceptors (Lipinski definition) is 4. The van der Waals surface area contributed by atoms with Gasteiger partial charge in [0.25, 0.3) is 0 Å². The molecule has 1 atom stereocenters. The van der Waals surface area contributed by atoms with E-state index in [2.05, 4.69) is 27.1 Å². The fourth-order valence-electron chi connectivity index (χ4n) is 1.96. The van der Waals surface area contributed by atoms with Gasteiger partial charge in [-0.2, -0.15) is 0 Å². The van der Waals surface area contributed by atoms with E-state index in [-0.39, 0.29) is 0 Å². The molecule has 1 saturated heterocycles. The van der Waals surface area contributed by atoms with Crippen LogP contribution < -0.4 is 10.2 Å². The highest BCUT2D eigenvalue weighted by Gasteiger charge is 2.21. The molecule has 82 valence electrons. The van der Waals surface area contributed by atoms with Crippen molar-refractivity contribution in [2.45, 2.75) is 25.8 Å². The largest absolute Gasteiger partial charge is 0.367 e. The first-order valence-corrected chi connectivity index (χ1v) is 5.63. The van der Waals surface area contributed by atoms with E-state index < -0.39 is 0 Å². The molecule has 0 aromatic carbocycles. The third kappa shape index (κ3) is 2.65. The number of aromatic nitrogens is 2. The predicted molar refractivity (Wildman–Crippen MR) is 60.9 cm³/mol. The van der Waals surface area contributed by atoms with E-state index in [1.54, 1.807) is 6.33 Å². The molecule has 1 aromatic heterocycles. The zero-order valence-electron chi connectivity index (χ0n) is 9.19. The Bertz CT molecular complexity index is 288. The van der Waals surface area contributed by atoms with Crippen molar-refractivity contribution < 1.29 is 0 Å². The molecular weight excluding hydrogens is 188 g/mol. The Hall–Kier alpha value is -1.16. The number of nitrogens with one attached hydrogen (secondary N) is 1. The maximum atomic E-state index is 4.04. The summed E-state index contributed by atoms with van der Waals surface area (Å²) in [4.78, 5) is 10.4. The average Bonchev–Trinajstić information content (AvgIpc) is 2.76. The van der Waals surface area contributed by atoms with E-state index in [4.69, 9.17) is 0 Å². The highest BCUT2D eigenvalue weighted by Crippen LogP contribution is 2.17. The van der Waals surface area contributed by atoms with Crippen molar-refractivity contribution in [1.29, 1.82) is 0 Å². The van der Waals surface area contributed by atoms with Gasteiger partial charge in [-0.25, -0.2) is 9.97 Å². The fraction of sp³-hybridized carbons (Fsp3) is 0.636. The molecule has 0 aliphatic carbocycles. The maximum Gasteiger partial charge on any atom is 0.115 e. The van der Waals surface area contributed by atoms with E-state index in [0.717, 1.165) is 25.3 Å². The third-order valence-corrected chi connectivity index (χ3v) is 2.78. The second kappa shape index (κ2) is 5.07. The van der Waals surface area contributed by atoms with Gasteiger partial charge in [0.1, 0.15) is 6.33 Å². The molecule has 0 bridgehead atoms. The molecule has 1 aliphatic heterocycles. The Morgan fingerprint density at radius 1 is 1.47 bits per heavy atom. The summed E-state index contributed by atoms with van der Waals surface area (Å²) in [6, 6.07) is 0.630. The minimum absolute atomic E-state index is 0.630. The molecule has 1 N–H and O–H groups in total. The minimum Gasteiger partial charge on any atom is -0.367 e. The number of rotatable bonds is 4. The normalized spacial score (nSPS) is 20.9. The summed E-state index contributed by atoms with van der Waals surface area (Å²) >= 11 is 0. The van der Waals surface area contributed by atoms with Crippen LogP contribution in [-0.2, 0) is 0 Å². The van der Waals surface area contributed by atoms with Crippen LogP contribution in [-0.4, -0.2) is 35.6 Å². The molecule has 2 heterocycles. The summed E-state index contributed by atoms with van der Waals surface area (Å²) in [5.74, 6) is 0. The van der Waals surface area contributed by atoms with Gasteiger partial charge in [0, 0.05) is 19.1 Å². The monoisotopic (exact) mass is 206 g/mol. The SMILES string of the molecule is CCCNC1CCN(c2cncnc2)C1. The quantitative estimate of drug-likeness (QED) is 0.799. The minimum atomic E-state index is 0.630. The third-order valence-electron chi connectivity index (χ3n) is 2.78. The molecule has 2 rings (SSSR count). The molecule has 4 heteroatoms. The number of anilines is 1. The van der Waals surface area contributed by atoms with Crippen molar-refractivity contribution in [3.05, 3.63) is 18.7 Å². The lowest BCUT2D eigenvalue weighted by Crippen LogP contribution is -2.32. The first-order valence-electron chi connectivity index (χ1n) is 5.63. The summed E-state index contributed by atoms with van der Waals surface area (Å²) in [5, 5.41) is 3.55. The zero-order chi connectivity index (χ0) is 10.5. The molecular formula is C11H18N4. The molecule has 1 unspecified atom stereocenters. The van der Waals surface area contributed by atoms with Gasteiger partial charge >= 0.3 is 0 Å². The number of nitrogens with zero attached hydrogens (tertiary/aromatic N) is 3. The van der Waals surface area contributed by atoms with Crippen LogP contribution in [0.1, 0.15) is 19.8 Å². The fourth-order valence-corrected chi connectivity index (χ4v) is 1.96. The zero-order valence-corrected chi connectivity index (χ0v) is 9.19. The van der Waals surface area contributed by atoms with Crippen LogP contribution in [0.2, 0.25) is 0 Å². The predicted octanol–water partition coefficient (Wildman–Crippen LogP) is 1.05. The molecule has 1 fully saturated rings. The molecule has 0 amide bonds. The van der Waals surface area contributed by atoms with Crippen molar-refractivity contribution in [3.8, 4) is 0 Å². The second-order valence-corrected chi connectivity index (χ2v) is 3.98. The van der Waals surface area contributed by atoms with Crippen molar-refractivity contribution in [2.75, 3.05) is 24.5 Å². The molecule has 0 saturated carbocycles. The lowest BCUT2D eigenvalue weighted by molar-refractivity contribution is 0.549. The lowest BCUT2D eigenvalue weighted by Gasteiger charge is -2.17. The van der Waals surface area contributed by atoms with E-state index >= 15 is 0 Å². The van der Waals surface area contributed by atoms with Gasteiger partial charge in [-0.3, -0.25) is 0 Å². The summed E-state index contributed by atoms with van der Waals surface area (Å²) in [6.45, 7) is 5.50. The van der Waals surface area contributed by atoms with Crippen molar-refractivity contribution >= 4 is 5.69 Å². The van der Waals surface area contributed by atoms with Crippen LogP contribution in [0.15, 0.2) is 18.7 Å². The Kier molecular flexibility index (Phi) is 3.50. The smallest absolute Gasteiger partial charge is 0.115 e. The van der Waals surface area contributed by atoms with Gasteiger partial charge in [-0.1, -0.05) is 6.92 Å². The summed E-state index contributed by atoms with van der Waals surface area (Å²) < 4.78 is 0. The standard InChI is InChI=1S/C11H18N4/c1-2-4-14-10-3-5-15(8-10)11-6-12-9-13-7-11/h6-7,9-10,14H,2-5,8H2,1H3. The van der Waals surface area contributed by atoms with Crippen molar-refractivity contribution in [2.24, 2.45) is 0 Å².